The van der Waals surface area contributed by atoms with Crippen LogP contribution in [0.4, 0.5) is 8.78 Å². The lowest BCUT2D eigenvalue weighted by atomic mass is 10.1. The summed E-state index contributed by atoms with van der Waals surface area (Å²) in [7, 11) is 0. The van der Waals surface area contributed by atoms with Crippen molar-refractivity contribution in [2.24, 2.45) is 0 Å². The van der Waals surface area contributed by atoms with Crippen LogP contribution < -0.4 is 0 Å². The van der Waals surface area contributed by atoms with Gasteiger partial charge in [0.1, 0.15) is 17.8 Å². The summed E-state index contributed by atoms with van der Waals surface area (Å²) in [6.45, 7) is 5.09. The molecule has 0 aliphatic heterocycles. The van der Waals surface area contributed by atoms with Crippen molar-refractivity contribution in [3.63, 3.8) is 0 Å². The summed E-state index contributed by atoms with van der Waals surface area (Å²) in [5.41, 5.74) is -0.377. The summed E-state index contributed by atoms with van der Waals surface area (Å²) in [6, 6.07) is 1.89. The van der Waals surface area contributed by atoms with Crippen LogP contribution >= 0.6 is 15.9 Å². The van der Waals surface area contributed by atoms with Crippen molar-refractivity contribution >= 4 is 27.7 Å². The number of benzene rings is 1. The number of ether oxygens (including phenoxy) is 1. The molecule has 0 aliphatic carbocycles. The average Bonchev–Trinajstić information content (AvgIpc) is 2.22. The van der Waals surface area contributed by atoms with Crippen molar-refractivity contribution in [2.45, 2.75) is 39.2 Å². The molecule has 0 fully saturated rings. The van der Waals surface area contributed by atoms with Gasteiger partial charge in [-0.05, 0) is 38.5 Å². The van der Waals surface area contributed by atoms with Gasteiger partial charge in [0.2, 0.25) is 0 Å². The Balaban J connectivity index is 2.68. The molecule has 1 aromatic rings. The first-order chi connectivity index (χ1) is 9.08. The van der Waals surface area contributed by atoms with Crippen molar-refractivity contribution in [1.82, 2.24) is 0 Å². The van der Waals surface area contributed by atoms with Gasteiger partial charge < -0.3 is 4.74 Å². The lowest BCUT2D eigenvalue weighted by Gasteiger charge is -2.19. The van der Waals surface area contributed by atoms with E-state index in [4.69, 9.17) is 4.74 Å². The van der Waals surface area contributed by atoms with E-state index in [1.165, 1.54) is 0 Å². The molecule has 0 atom stereocenters. The molecule has 0 spiro atoms. The molecule has 0 amide bonds. The first-order valence-corrected chi connectivity index (χ1v) is 6.75. The van der Waals surface area contributed by atoms with Crippen LogP contribution in [0.25, 0.3) is 0 Å². The second kappa shape index (κ2) is 6.43. The number of halogens is 3. The zero-order chi connectivity index (χ0) is 15.5. The molecule has 3 nitrogen and oxygen atoms in total. The molecule has 0 aliphatic rings. The highest BCUT2D eigenvalue weighted by Gasteiger charge is 2.20. The molecule has 0 N–H and O–H groups in total. The predicted molar refractivity (Wildman–Crippen MR) is 73.2 cm³/mol. The Morgan fingerprint density at radius 2 is 1.75 bits per heavy atom. The van der Waals surface area contributed by atoms with Crippen LogP contribution in [0.3, 0.4) is 0 Å². The standard InChI is InChI=1S/C14H15BrF2O3/c1-14(2,3)20-13(19)6-9(18)4-8-5-11(16)12(17)7-10(8)15/h5,7H,4,6H2,1-3H3. The normalized spacial score (nSPS) is 11.3. The molecule has 0 heterocycles. The third-order valence-corrected chi connectivity index (χ3v) is 2.98. The van der Waals surface area contributed by atoms with Crippen molar-refractivity contribution < 1.29 is 23.1 Å². The quantitative estimate of drug-likeness (QED) is 0.474. The fourth-order valence-corrected chi connectivity index (χ4v) is 1.97. The largest absolute Gasteiger partial charge is 0.460 e. The maximum absolute atomic E-state index is 13.1. The molecule has 110 valence electrons. The Morgan fingerprint density at radius 1 is 1.20 bits per heavy atom. The zero-order valence-corrected chi connectivity index (χ0v) is 13.0. The molecule has 1 aromatic carbocycles. The summed E-state index contributed by atoms with van der Waals surface area (Å²) in [5, 5.41) is 0. The van der Waals surface area contributed by atoms with Crippen LogP contribution in [0.1, 0.15) is 32.8 Å². The molecule has 0 saturated carbocycles. The summed E-state index contributed by atoms with van der Waals surface area (Å²) in [6.07, 6.45) is -0.570. The van der Waals surface area contributed by atoms with Crippen LogP contribution in [-0.2, 0) is 20.7 Å². The molecule has 0 aromatic heterocycles. The van der Waals surface area contributed by atoms with E-state index in [1.807, 2.05) is 0 Å². The molecule has 0 unspecified atom stereocenters. The van der Waals surface area contributed by atoms with E-state index >= 15 is 0 Å². The van der Waals surface area contributed by atoms with E-state index in [-0.39, 0.29) is 16.5 Å². The van der Waals surface area contributed by atoms with Crippen molar-refractivity contribution in [3.8, 4) is 0 Å². The van der Waals surface area contributed by atoms with Gasteiger partial charge in [-0.3, -0.25) is 9.59 Å². The van der Waals surface area contributed by atoms with Gasteiger partial charge in [-0.25, -0.2) is 8.78 Å². The molecule has 0 radical (unpaired) electrons. The maximum Gasteiger partial charge on any atom is 0.313 e. The van der Waals surface area contributed by atoms with Crippen LogP contribution in [0.5, 0.6) is 0 Å². The lowest BCUT2D eigenvalue weighted by Crippen LogP contribution is -2.25. The number of esters is 1. The number of carbonyl (C=O) groups is 2. The van der Waals surface area contributed by atoms with Gasteiger partial charge in [-0.2, -0.15) is 0 Å². The van der Waals surface area contributed by atoms with Crippen molar-refractivity contribution in [2.75, 3.05) is 0 Å². The number of hydrogen-bond acceptors (Lipinski definition) is 3. The highest BCUT2D eigenvalue weighted by molar-refractivity contribution is 9.10. The molecule has 0 bridgehead atoms. The summed E-state index contributed by atoms with van der Waals surface area (Å²) >= 11 is 3.05. The highest BCUT2D eigenvalue weighted by Crippen LogP contribution is 2.21. The van der Waals surface area contributed by atoms with Crippen LogP contribution in [-0.4, -0.2) is 17.4 Å². The molecular formula is C14H15BrF2O3. The van der Waals surface area contributed by atoms with E-state index in [9.17, 15) is 18.4 Å². The minimum atomic E-state index is -1.03. The third-order valence-electron chi connectivity index (χ3n) is 2.24. The highest BCUT2D eigenvalue weighted by atomic mass is 79.9. The minimum Gasteiger partial charge on any atom is -0.460 e. The molecule has 1 rings (SSSR count). The summed E-state index contributed by atoms with van der Waals surface area (Å²) in [5.74, 6) is -3.10. The van der Waals surface area contributed by atoms with E-state index in [2.05, 4.69) is 15.9 Å². The second-order valence-corrected chi connectivity index (χ2v) is 6.19. The van der Waals surface area contributed by atoms with Gasteiger partial charge in [-0.1, -0.05) is 15.9 Å². The topological polar surface area (TPSA) is 43.4 Å². The van der Waals surface area contributed by atoms with Crippen molar-refractivity contribution in [3.05, 3.63) is 33.8 Å². The summed E-state index contributed by atoms with van der Waals surface area (Å²) < 4.78 is 31.3. The number of carbonyl (C=O) groups excluding carboxylic acids is 2. The molecule has 0 saturated heterocycles. The minimum absolute atomic E-state index is 0.170. The Bertz CT molecular complexity index is 536. The second-order valence-electron chi connectivity index (χ2n) is 5.34. The fraction of sp³-hybridized carbons (Fsp3) is 0.429. The fourth-order valence-electron chi connectivity index (χ4n) is 1.51. The smallest absolute Gasteiger partial charge is 0.313 e. The first kappa shape index (κ1) is 16.8. The maximum atomic E-state index is 13.1. The predicted octanol–water partition coefficient (Wildman–Crippen LogP) is 3.57. The van der Waals surface area contributed by atoms with Gasteiger partial charge >= 0.3 is 5.97 Å². The Kier molecular flexibility index (Phi) is 5.39. The van der Waals surface area contributed by atoms with E-state index in [1.54, 1.807) is 20.8 Å². The number of rotatable bonds is 4. The SMILES string of the molecule is CC(C)(C)OC(=O)CC(=O)Cc1cc(F)c(F)cc1Br. The van der Waals surface area contributed by atoms with Crippen LogP contribution in [0.2, 0.25) is 0 Å². The van der Waals surface area contributed by atoms with E-state index in [0.717, 1.165) is 12.1 Å². The van der Waals surface area contributed by atoms with Gasteiger partial charge in [0.05, 0.1) is 0 Å². The number of Topliss-reactive ketones (excluding diaryl/α,β-unsaturated/α-hetero) is 1. The molecule has 6 heteroatoms. The number of hydrogen-bond donors (Lipinski definition) is 0. The lowest BCUT2D eigenvalue weighted by molar-refractivity contribution is -0.156. The Morgan fingerprint density at radius 3 is 2.30 bits per heavy atom. The van der Waals surface area contributed by atoms with Crippen LogP contribution in [0.15, 0.2) is 16.6 Å². The van der Waals surface area contributed by atoms with E-state index < -0.39 is 35.4 Å². The van der Waals surface area contributed by atoms with Gasteiger partial charge in [0.25, 0.3) is 0 Å². The average molecular weight is 349 g/mol. The summed E-state index contributed by atoms with van der Waals surface area (Å²) in [4.78, 5) is 23.2. The number of ketones is 1. The third kappa shape index (κ3) is 5.36. The Hall–Kier alpha value is -1.30. The Labute approximate surface area is 124 Å². The zero-order valence-electron chi connectivity index (χ0n) is 11.4. The van der Waals surface area contributed by atoms with Gasteiger partial charge in [-0.15, -0.1) is 0 Å². The van der Waals surface area contributed by atoms with Gasteiger partial charge in [0, 0.05) is 10.9 Å². The van der Waals surface area contributed by atoms with E-state index in [0.29, 0.717) is 0 Å². The first-order valence-electron chi connectivity index (χ1n) is 5.95. The van der Waals surface area contributed by atoms with Gasteiger partial charge in [0.15, 0.2) is 11.6 Å². The van der Waals surface area contributed by atoms with Crippen LogP contribution in [0, 0.1) is 11.6 Å². The van der Waals surface area contributed by atoms with Crippen molar-refractivity contribution in [1.29, 1.82) is 0 Å². The molecular weight excluding hydrogens is 334 g/mol. The molecule has 20 heavy (non-hydrogen) atoms. The monoisotopic (exact) mass is 348 g/mol.